The number of nitrogens with zero attached hydrogens (tertiary/aromatic N) is 2. The molecule has 45 heavy (non-hydrogen) atoms. The van der Waals surface area contributed by atoms with Crippen LogP contribution in [0.5, 0.6) is 17.2 Å². The van der Waals surface area contributed by atoms with Crippen LogP contribution in [0.4, 0.5) is 0 Å². The van der Waals surface area contributed by atoms with E-state index in [2.05, 4.69) is 16.0 Å². The van der Waals surface area contributed by atoms with Crippen molar-refractivity contribution in [3.8, 4) is 17.2 Å². The lowest BCUT2D eigenvalue weighted by Gasteiger charge is -2.39. The molecule has 3 heterocycles. The Kier molecular flexibility index (Phi) is 9.60. The molecule has 0 unspecified atom stereocenters. The van der Waals surface area contributed by atoms with Crippen LogP contribution in [0.2, 0.25) is 0 Å². The Bertz CT molecular complexity index is 1450. The van der Waals surface area contributed by atoms with Gasteiger partial charge in [-0.25, -0.2) is 0 Å². The Hall–Kier alpha value is -4.61. The molecule has 0 radical (unpaired) electrons. The molecule has 12 heteroatoms. The number of phenols is 1. The molecule has 4 aliphatic rings. The van der Waals surface area contributed by atoms with Crippen molar-refractivity contribution in [2.45, 2.75) is 64.6 Å². The molecule has 3 aliphatic heterocycles. The predicted molar refractivity (Wildman–Crippen MR) is 164 cm³/mol. The average molecular weight is 620 g/mol. The highest BCUT2D eigenvalue weighted by Gasteiger charge is 2.35. The average Bonchev–Trinajstić information content (AvgIpc) is 2.99. The number of benzene rings is 2. The van der Waals surface area contributed by atoms with Gasteiger partial charge in [0.15, 0.2) is 0 Å². The summed E-state index contributed by atoms with van der Waals surface area (Å²) in [5.41, 5.74) is 0.701. The van der Waals surface area contributed by atoms with Crippen LogP contribution in [-0.4, -0.2) is 88.7 Å². The van der Waals surface area contributed by atoms with E-state index in [0.29, 0.717) is 37.7 Å². The lowest BCUT2D eigenvalue weighted by Crippen LogP contribution is -2.59. The van der Waals surface area contributed by atoms with Gasteiger partial charge in [-0.3, -0.25) is 24.0 Å². The number of amides is 5. The zero-order chi connectivity index (χ0) is 32.2. The van der Waals surface area contributed by atoms with Crippen molar-refractivity contribution in [3.63, 3.8) is 0 Å². The molecule has 4 bridgehead atoms. The number of hydrogen-bond donors (Lipinski definition) is 4. The van der Waals surface area contributed by atoms with Gasteiger partial charge in [-0.05, 0) is 61.6 Å². The molecule has 2 aromatic rings. The summed E-state index contributed by atoms with van der Waals surface area (Å²) in [6.45, 7) is 6.64. The standard InChI is InChI=1S/C33H41N5O7/c1-19(2)28-31(42)34-20(3)29(40)35-26(33(44)38-15-13-37(14-16-38)32(43)22-5-4-6-22)17-21-7-9-23(10-8-21)45-24-11-12-27(39)25(18-24)30(41)36-28/h7-12,18-20,22,26,28,39H,4-6,13-17H2,1-3H3,(H,34,42)(H,35,40)(H,36,41)/t20-,26-,28-/m0/s1. The number of hydrogen-bond acceptors (Lipinski definition) is 7. The van der Waals surface area contributed by atoms with Gasteiger partial charge in [0.2, 0.25) is 23.6 Å². The summed E-state index contributed by atoms with van der Waals surface area (Å²) < 4.78 is 5.93. The molecule has 0 spiro atoms. The Morgan fingerprint density at radius 2 is 1.47 bits per heavy atom. The molecule has 240 valence electrons. The molecule has 2 fully saturated rings. The molecule has 0 aromatic heterocycles. The molecular weight excluding hydrogens is 578 g/mol. The zero-order valence-corrected chi connectivity index (χ0v) is 25.9. The quantitative estimate of drug-likeness (QED) is 0.383. The van der Waals surface area contributed by atoms with Gasteiger partial charge >= 0.3 is 0 Å². The lowest BCUT2D eigenvalue weighted by atomic mass is 9.84. The van der Waals surface area contributed by atoms with E-state index in [0.717, 1.165) is 24.8 Å². The van der Waals surface area contributed by atoms with Gasteiger partial charge in [0.1, 0.15) is 35.4 Å². The van der Waals surface area contributed by atoms with Crippen LogP contribution in [0.1, 0.15) is 56.0 Å². The lowest BCUT2D eigenvalue weighted by molar-refractivity contribution is -0.145. The van der Waals surface area contributed by atoms with Gasteiger partial charge in [0.05, 0.1) is 5.56 Å². The topological polar surface area (TPSA) is 157 Å². The number of piperazine rings is 1. The number of aromatic hydroxyl groups is 1. The van der Waals surface area contributed by atoms with Crippen molar-refractivity contribution >= 4 is 29.5 Å². The van der Waals surface area contributed by atoms with Gasteiger partial charge in [-0.1, -0.05) is 32.4 Å². The summed E-state index contributed by atoms with van der Waals surface area (Å²) in [6.07, 6.45) is 3.11. The van der Waals surface area contributed by atoms with Gasteiger partial charge in [-0.2, -0.15) is 0 Å². The van der Waals surface area contributed by atoms with Gasteiger partial charge in [0, 0.05) is 38.5 Å². The Balaban J connectivity index is 1.39. The first kappa shape index (κ1) is 31.8. The molecule has 12 nitrogen and oxygen atoms in total. The van der Waals surface area contributed by atoms with E-state index in [9.17, 15) is 29.1 Å². The molecule has 1 aliphatic carbocycles. The molecule has 3 atom stereocenters. The number of ether oxygens (including phenoxy) is 1. The number of carbonyl (C=O) groups is 5. The van der Waals surface area contributed by atoms with Crippen molar-refractivity contribution in [2.24, 2.45) is 11.8 Å². The normalized spacial score (nSPS) is 23.2. The number of nitrogens with one attached hydrogen (secondary N) is 3. The first-order valence-electron chi connectivity index (χ1n) is 15.6. The summed E-state index contributed by atoms with van der Waals surface area (Å²) in [5.74, 6) is -1.69. The summed E-state index contributed by atoms with van der Waals surface area (Å²) in [4.78, 5) is 69.8. The van der Waals surface area contributed by atoms with E-state index in [1.165, 1.54) is 25.1 Å². The van der Waals surface area contributed by atoms with Crippen LogP contribution in [0.15, 0.2) is 42.5 Å². The summed E-state index contributed by atoms with van der Waals surface area (Å²) in [6, 6.07) is 8.31. The van der Waals surface area contributed by atoms with Crippen molar-refractivity contribution in [1.29, 1.82) is 0 Å². The Morgan fingerprint density at radius 3 is 2.07 bits per heavy atom. The molecule has 1 saturated heterocycles. The molecule has 5 amide bonds. The minimum Gasteiger partial charge on any atom is -0.507 e. The first-order chi connectivity index (χ1) is 21.5. The maximum absolute atomic E-state index is 13.8. The fraction of sp³-hybridized carbons (Fsp3) is 0.485. The predicted octanol–water partition coefficient (Wildman–Crippen LogP) is 1.96. The van der Waals surface area contributed by atoms with E-state index in [-0.39, 0.29) is 41.4 Å². The smallest absolute Gasteiger partial charge is 0.255 e. The van der Waals surface area contributed by atoms with Crippen molar-refractivity contribution in [1.82, 2.24) is 25.8 Å². The van der Waals surface area contributed by atoms with Crippen molar-refractivity contribution in [3.05, 3.63) is 53.6 Å². The van der Waals surface area contributed by atoms with Gasteiger partial charge in [0.25, 0.3) is 5.91 Å². The number of fused-ring (bicyclic) bond motifs is 11. The highest BCUT2D eigenvalue weighted by Crippen LogP contribution is 2.29. The van der Waals surface area contributed by atoms with E-state index in [4.69, 9.17) is 4.74 Å². The maximum atomic E-state index is 13.8. The number of carbonyl (C=O) groups excluding carboxylic acids is 5. The molecule has 1 saturated carbocycles. The zero-order valence-electron chi connectivity index (χ0n) is 25.9. The molecule has 6 rings (SSSR count). The van der Waals surface area contributed by atoms with E-state index < -0.39 is 35.8 Å². The largest absolute Gasteiger partial charge is 0.507 e. The second kappa shape index (κ2) is 13.6. The van der Waals surface area contributed by atoms with Crippen LogP contribution in [-0.2, 0) is 25.6 Å². The first-order valence-corrected chi connectivity index (χ1v) is 15.6. The van der Waals surface area contributed by atoms with Gasteiger partial charge < -0.3 is 35.6 Å². The Morgan fingerprint density at radius 1 is 0.844 bits per heavy atom. The third-order valence-electron chi connectivity index (χ3n) is 8.77. The van der Waals surface area contributed by atoms with Crippen molar-refractivity contribution in [2.75, 3.05) is 26.2 Å². The third-order valence-corrected chi connectivity index (χ3v) is 8.77. The van der Waals surface area contributed by atoms with Crippen LogP contribution in [0.3, 0.4) is 0 Å². The number of rotatable bonds is 3. The minimum atomic E-state index is -1.02. The third kappa shape index (κ3) is 7.38. The van der Waals surface area contributed by atoms with E-state index in [1.54, 1.807) is 43.0 Å². The summed E-state index contributed by atoms with van der Waals surface area (Å²) in [5, 5.41) is 18.5. The van der Waals surface area contributed by atoms with Crippen LogP contribution < -0.4 is 20.7 Å². The van der Waals surface area contributed by atoms with Crippen LogP contribution >= 0.6 is 0 Å². The second-order valence-corrected chi connectivity index (χ2v) is 12.4. The van der Waals surface area contributed by atoms with E-state index >= 15 is 0 Å². The van der Waals surface area contributed by atoms with Crippen LogP contribution in [0.25, 0.3) is 0 Å². The minimum absolute atomic E-state index is 0.0657. The fourth-order valence-corrected chi connectivity index (χ4v) is 5.73. The molecule has 4 N–H and O–H groups in total. The second-order valence-electron chi connectivity index (χ2n) is 12.4. The van der Waals surface area contributed by atoms with Crippen LogP contribution in [0, 0.1) is 11.8 Å². The fourth-order valence-electron chi connectivity index (χ4n) is 5.73. The Labute approximate surface area is 262 Å². The molecule has 2 aromatic carbocycles. The summed E-state index contributed by atoms with van der Waals surface area (Å²) in [7, 11) is 0. The van der Waals surface area contributed by atoms with Gasteiger partial charge in [-0.15, -0.1) is 0 Å². The van der Waals surface area contributed by atoms with E-state index in [1.807, 2.05) is 4.90 Å². The maximum Gasteiger partial charge on any atom is 0.255 e. The highest BCUT2D eigenvalue weighted by molar-refractivity contribution is 6.00. The SMILES string of the molecule is CC(C)[C@@H]1NC(=O)c2cc(ccc2O)Oc2ccc(cc2)C[C@@H](C(=O)N2CCN(C(=O)C3CCC3)CC2)NC(=O)[C@H](C)NC1=O. The van der Waals surface area contributed by atoms with Crippen molar-refractivity contribution < 1.29 is 33.8 Å². The highest BCUT2D eigenvalue weighted by atomic mass is 16.5. The molecular formula is C33H41N5O7. The number of phenolic OH excluding ortho intramolecular Hbond substituents is 1. The summed E-state index contributed by atoms with van der Waals surface area (Å²) >= 11 is 0. The monoisotopic (exact) mass is 619 g/mol.